The molecule has 2 aromatic carbocycles. The Morgan fingerprint density at radius 1 is 0.933 bits per heavy atom. The molecule has 1 aliphatic carbocycles. The molecule has 1 saturated carbocycles. The number of halogens is 7. The molecule has 6 nitrogen and oxygen atoms in total. The molecule has 0 spiro atoms. The van der Waals surface area contributed by atoms with Gasteiger partial charge in [0.15, 0.2) is 9.84 Å². The SMILES string of the molecule is CCC1(C(=O)N2CCC(c3ccc(C(F)(C(F)(F)F)C(F)(F)F)cc3)(S(=O)(=O)c3cccc(C)c3)C2)CCC(C(=O)OC)CC1. The van der Waals surface area contributed by atoms with Gasteiger partial charge in [-0.2, -0.15) is 26.3 Å². The number of carbonyl (C=O) groups excluding carboxylic acids is 2. The fraction of sp³-hybridized carbons (Fsp3) is 0.548. The first kappa shape index (κ1) is 34.7. The molecule has 248 valence electrons. The normalized spacial score (nSPS) is 24.8. The third-order valence-electron chi connectivity index (χ3n) is 9.53. The van der Waals surface area contributed by atoms with Crippen molar-refractivity contribution in [3.63, 3.8) is 0 Å². The lowest BCUT2D eigenvalue weighted by atomic mass is 9.68. The number of methoxy groups -OCH3 is 1. The maximum Gasteiger partial charge on any atom is 0.435 e. The van der Waals surface area contributed by atoms with E-state index in [1.165, 1.54) is 30.2 Å². The van der Waals surface area contributed by atoms with Crippen molar-refractivity contribution in [1.82, 2.24) is 4.90 Å². The molecular formula is C31H34F7NO5S. The molecule has 1 heterocycles. The van der Waals surface area contributed by atoms with Gasteiger partial charge in [0.25, 0.3) is 0 Å². The first-order chi connectivity index (χ1) is 20.8. The van der Waals surface area contributed by atoms with E-state index in [0.29, 0.717) is 49.8 Å². The Balaban J connectivity index is 1.78. The number of hydrogen-bond donors (Lipinski definition) is 0. The lowest BCUT2D eigenvalue weighted by Gasteiger charge is -2.40. The summed E-state index contributed by atoms with van der Waals surface area (Å²) < 4.78 is 127. The van der Waals surface area contributed by atoms with Crippen molar-refractivity contribution in [1.29, 1.82) is 0 Å². The second-order valence-electron chi connectivity index (χ2n) is 12.0. The van der Waals surface area contributed by atoms with Gasteiger partial charge in [-0.05, 0) is 68.7 Å². The number of nitrogens with zero attached hydrogens (tertiary/aromatic N) is 1. The zero-order chi connectivity index (χ0) is 33.6. The van der Waals surface area contributed by atoms with Crippen LogP contribution in [0.4, 0.5) is 30.7 Å². The van der Waals surface area contributed by atoms with Gasteiger partial charge in [-0.1, -0.05) is 43.3 Å². The van der Waals surface area contributed by atoms with Crippen molar-refractivity contribution >= 4 is 21.7 Å². The summed E-state index contributed by atoms with van der Waals surface area (Å²) in [5.41, 5.74) is -7.92. The van der Waals surface area contributed by atoms with Crippen LogP contribution in [0.25, 0.3) is 0 Å². The van der Waals surface area contributed by atoms with Crippen LogP contribution in [0.2, 0.25) is 0 Å². The predicted octanol–water partition coefficient (Wildman–Crippen LogP) is 6.95. The molecule has 14 heteroatoms. The minimum atomic E-state index is -6.34. The Hall–Kier alpha value is -3.16. The number of esters is 1. The fourth-order valence-electron chi connectivity index (χ4n) is 6.69. The summed E-state index contributed by atoms with van der Waals surface area (Å²) in [6.45, 7) is 2.97. The minimum Gasteiger partial charge on any atom is -0.469 e. The molecule has 1 aliphatic heterocycles. The van der Waals surface area contributed by atoms with Gasteiger partial charge < -0.3 is 9.64 Å². The van der Waals surface area contributed by atoms with Gasteiger partial charge >= 0.3 is 24.0 Å². The summed E-state index contributed by atoms with van der Waals surface area (Å²) in [7, 11) is -3.14. The first-order valence-corrected chi connectivity index (χ1v) is 15.9. The quantitative estimate of drug-likeness (QED) is 0.236. The summed E-state index contributed by atoms with van der Waals surface area (Å²) in [6, 6.07) is 7.98. The summed E-state index contributed by atoms with van der Waals surface area (Å²) in [4.78, 5) is 27.4. The lowest BCUT2D eigenvalue weighted by Crippen LogP contribution is -2.50. The number of amides is 1. The van der Waals surface area contributed by atoms with E-state index >= 15 is 0 Å². The third kappa shape index (κ3) is 5.71. The maximum absolute atomic E-state index is 14.8. The number of aryl methyl sites for hydroxylation is 1. The van der Waals surface area contributed by atoms with Gasteiger partial charge in [0.2, 0.25) is 5.91 Å². The second kappa shape index (κ2) is 11.9. The molecule has 2 aromatic rings. The van der Waals surface area contributed by atoms with E-state index in [4.69, 9.17) is 4.74 Å². The van der Waals surface area contributed by atoms with Crippen molar-refractivity contribution in [3.8, 4) is 0 Å². The molecule has 0 N–H and O–H groups in total. The lowest BCUT2D eigenvalue weighted by molar-refractivity contribution is -0.348. The number of ether oxygens (including phenoxy) is 1. The Labute approximate surface area is 256 Å². The van der Waals surface area contributed by atoms with Crippen molar-refractivity contribution in [2.24, 2.45) is 11.3 Å². The highest BCUT2D eigenvalue weighted by molar-refractivity contribution is 7.92. The van der Waals surface area contributed by atoms with E-state index in [2.05, 4.69) is 0 Å². The van der Waals surface area contributed by atoms with Crippen molar-refractivity contribution in [2.45, 2.75) is 80.0 Å². The number of alkyl halides is 7. The predicted molar refractivity (Wildman–Crippen MR) is 149 cm³/mol. The molecular weight excluding hydrogens is 631 g/mol. The molecule has 2 aliphatic rings. The summed E-state index contributed by atoms with van der Waals surface area (Å²) >= 11 is 0. The number of hydrogen-bond acceptors (Lipinski definition) is 5. The van der Waals surface area contributed by atoms with E-state index in [0.717, 1.165) is 12.1 Å². The monoisotopic (exact) mass is 665 g/mol. The Kier molecular flexibility index (Phi) is 9.17. The largest absolute Gasteiger partial charge is 0.469 e. The van der Waals surface area contributed by atoms with Crippen LogP contribution in [-0.4, -0.2) is 57.7 Å². The standard InChI is InChI=1S/C31H34F7NO5S/c1-4-27(14-12-21(13-15-27)25(40)44-3)26(41)39-17-16-28(19-39,45(42,43)24-7-5-6-20(2)18-24)22-8-10-23(11-9-22)29(32,30(33,34)35)31(36,37)38/h5-11,18,21H,4,12-17,19H2,1-3H3. The van der Waals surface area contributed by atoms with Crippen molar-refractivity contribution in [3.05, 3.63) is 65.2 Å². The zero-order valence-corrected chi connectivity index (χ0v) is 25.7. The summed E-state index contributed by atoms with van der Waals surface area (Å²) in [5, 5.41) is 0. The number of rotatable bonds is 7. The van der Waals surface area contributed by atoms with Crippen LogP contribution in [-0.2, 0) is 34.6 Å². The molecule has 1 atom stereocenters. The number of sulfone groups is 1. The van der Waals surface area contributed by atoms with Crippen LogP contribution in [0.1, 0.15) is 62.1 Å². The molecule has 1 unspecified atom stereocenters. The molecule has 45 heavy (non-hydrogen) atoms. The number of carbonyl (C=O) groups is 2. The van der Waals surface area contributed by atoms with Gasteiger partial charge in [0.05, 0.1) is 17.9 Å². The molecule has 4 rings (SSSR count). The molecule has 2 fully saturated rings. The number of benzene rings is 2. The molecule has 1 saturated heterocycles. The second-order valence-corrected chi connectivity index (χ2v) is 14.2. The van der Waals surface area contributed by atoms with Crippen LogP contribution in [0, 0.1) is 18.3 Å². The molecule has 1 amide bonds. The summed E-state index contributed by atoms with van der Waals surface area (Å²) in [5.74, 6) is -1.10. The smallest absolute Gasteiger partial charge is 0.435 e. The minimum absolute atomic E-state index is 0.0635. The fourth-order valence-corrected chi connectivity index (χ4v) is 8.87. The van der Waals surface area contributed by atoms with Crippen LogP contribution in [0.5, 0.6) is 0 Å². The van der Waals surface area contributed by atoms with Gasteiger partial charge in [-0.25, -0.2) is 12.8 Å². The van der Waals surface area contributed by atoms with Gasteiger partial charge in [-0.15, -0.1) is 0 Å². The average Bonchev–Trinajstić information content (AvgIpc) is 3.46. The van der Waals surface area contributed by atoms with E-state index in [-0.39, 0.29) is 41.2 Å². The van der Waals surface area contributed by atoms with Gasteiger partial charge in [-0.3, -0.25) is 9.59 Å². The van der Waals surface area contributed by atoms with Crippen LogP contribution < -0.4 is 0 Å². The van der Waals surface area contributed by atoms with Crippen molar-refractivity contribution < 1.29 is 53.5 Å². The molecule has 0 radical (unpaired) electrons. The zero-order valence-electron chi connectivity index (χ0n) is 24.9. The molecule has 0 aromatic heterocycles. The number of likely N-dealkylation sites (tertiary alicyclic amines) is 1. The average molecular weight is 666 g/mol. The topological polar surface area (TPSA) is 80.8 Å². The first-order valence-electron chi connectivity index (χ1n) is 14.4. The Morgan fingerprint density at radius 3 is 2.00 bits per heavy atom. The summed E-state index contributed by atoms with van der Waals surface area (Å²) in [6.07, 6.45) is -11.0. The van der Waals surface area contributed by atoms with E-state index in [1.54, 1.807) is 13.0 Å². The Bertz CT molecular complexity index is 1520. The van der Waals surface area contributed by atoms with Crippen LogP contribution in [0.3, 0.4) is 0 Å². The highest BCUT2D eigenvalue weighted by Crippen LogP contribution is 2.54. The van der Waals surface area contributed by atoms with Gasteiger partial charge in [0, 0.05) is 24.1 Å². The van der Waals surface area contributed by atoms with E-state index in [1.807, 2.05) is 6.92 Å². The molecule has 0 bridgehead atoms. The highest BCUT2D eigenvalue weighted by atomic mass is 32.2. The van der Waals surface area contributed by atoms with Crippen LogP contribution in [0.15, 0.2) is 53.4 Å². The van der Waals surface area contributed by atoms with Gasteiger partial charge in [0.1, 0.15) is 4.75 Å². The third-order valence-corrected chi connectivity index (χ3v) is 12.0. The highest BCUT2D eigenvalue weighted by Gasteiger charge is 2.73. The van der Waals surface area contributed by atoms with Crippen molar-refractivity contribution in [2.75, 3.05) is 20.2 Å². The van der Waals surface area contributed by atoms with E-state index in [9.17, 15) is 48.7 Å². The van der Waals surface area contributed by atoms with Crippen LogP contribution >= 0.6 is 0 Å². The maximum atomic E-state index is 14.8. The van der Waals surface area contributed by atoms with E-state index < -0.39 is 50.1 Å². The Morgan fingerprint density at radius 2 is 1.51 bits per heavy atom.